The van der Waals surface area contributed by atoms with Crippen molar-refractivity contribution in [2.45, 2.75) is 32.1 Å². The van der Waals surface area contributed by atoms with Crippen LogP contribution in [0.2, 0.25) is 0 Å². The summed E-state index contributed by atoms with van der Waals surface area (Å²) in [7, 11) is 0. The second kappa shape index (κ2) is 6.76. The SMILES string of the molecule is CCn1c(-c2ccc(C(F)(F)F)nc2)nc2c(N[C@H]3CCNC3)ncnc21. The predicted molar refractivity (Wildman–Crippen MR) is 94.1 cm³/mol. The zero-order valence-electron chi connectivity index (χ0n) is 14.6. The average Bonchev–Trinajstić information content (AvgIpc) is 3.28. The number of fused-ring (bicyclic) bond motifs is 1. The highest BCUT2D eigenvalue weighted by molar-refractivity contribution is 5.86. The summed E-state index contributed by atoms with van der Waals surface area (Å²) in [5, 5.41) is 6.66. The lowest BCUT2D eigenvalue weighted by Crippen LogP contribution is -2.22. The summed E-state index contributed by atoms with van der Waals surface area (Å²) < 4.78 is 40.1. The first kappa shape index (κ1) is 17.7. The second-order valence-electron chi connectivity index (χ2n) is 6.34. The van der Waals surface area contributed by atoms with E-state index in [0.29, 0.717) is 34.9 Å². The minimum absolute atomic E-state index is 0.256. The van der Waals surface area contributed by atoms with Gasteiger partial charge in [0.2, 0.25) is 0 Å². The van der Waals surface area contributed by atoms with Crippen molar-refractivity contribution in [2.75, 3.05) is 18.4 Å². The quantitative estimate of drug-likeness (QED) is 0.728. The lowest BCUT2D eigenvalue weighted by atomic mass is 10.2. The average molecular weight is 377 g/mol. The van der Waals surface area contributed by atoms with Crippen LogP contribution < -0.4 is 10.6 Å². The highest BCUT2D eigenvalue weighted by Crippen LogP contribution is 2.30. The first-order valence-corrected chi connectivity index (χ1v) is 8.69. The van der Waals surface area contributed by atoms with E-state index in [-0.39, 0.29) is 6.04 Å². The van der Waals surface area contributed by atoms with E-state index in [1.54, 1.807) is 0 Å². The molecule has 0 amide bonds. The standard InChI is InChI=1S/C17H18F3N7/c1-2-27-15(10-3-4-12(22-7-10)17(18,19)20)26-13-14(23-9-24-16(13)27)25-11-5-6-21-8-11/h3-4,7,9,11,21H,2,5-6,8H2,1H3,(H,23,24,25)/t11-/m0/s1. The number of hydrogen-bond acceptors (Lipinski definition) is 6. The molecule has 7 nitrogen and oxygen atoms in total. The molecule has 0 aliphatic carbocycles. The first-order chi connectivity index (χ1) is 13.0. The molecular weight excluding hydrogens is 359 g/mol. The van der Waals surface area contributed by atoms with E-state index in [0.717, 1.165) is 25.6 Å². The van der Waals surface area contributed by atoms with Crippen LogP contribution in [0, 0.1) is 0 Å². The molecule has 0 aromatic carbocycles. The number of pyridine rings is 1. The Kier molecular flexibility index (Phi) is 4.42. The van der Waals surface area contributed by atoms with E-state index < -0.39 is 11.9 Å². The number of anilines is 1. The van der Waals surface area contributed by atoms with E-state index in [1.165, 1.54) is 18.6 Å². The molecule has 3 aromatic rings. The largest absolute Gasteiger partial charge is 0.433 e. The van der Waals surface area contributed by atoms with Gasteiger partial charge in [-0.1, -0.05) is 0 Å². The van der Waals surface area contributed by atoms with Crippen molar-refractivity contribution < 1.29 is 13.2 Å². The number of alkyl halides is 3. The molecule has 2 N–H and O–H groups in total. The number of aromatic nitrogens is 5. The molecular formula is C17H18F3N7. The van der Waals surface area contributed by atoms with Crippen molar-refractivity contribution in [3.63, 3.8) is 0 Å². The molecule has 4 rings (SSSR count). The van der Waals surface area contributed by atoms with Crippen LogP contribution in [-0.2, 0) is 12.7 Å². The van der Waals surface area contributed by atoms with E-state index in [2.05, 4.69) is 30.6 Å². The van der Waals surface area contributed by atoms with Crippen LogP contribution >= 0.6 is 0 Å². The minimum atomic E-state index is -4.47. The highest BCUT2D eigenvalue weighted by atomic mass is 19.4. The van der Waals surface area contributed by atoms with Crippen LogP contribution in [0.3, 0.4) is 0 Å². The molecule has 1 aliphatic rings. The molecule has 1 saturated heterocycles. The van der Waals surface area contributed by atoms with Crippen molar-refractivity contribution in [2.24, 2.45) is 0 Å². The van der Waals surface area contributed by atoms with Crippen molar-refractivity contribution in [1.82, 2.24) is 29.8 Å². The van der Waals surface area contributed by atoms with Crippen molar-refractivity contribution in [3.05, 3.63) is 30.4 Å². The van der Waals surface area contributed by atoms with Gasteiger partial charge in [0, 0.05) is 30.9 Å². The van der Waals surface area contributed by atoms with Crippen LogP contribution in [0.1, 0.15) is 19.0 Å². The Hall–Kier alpha value is -2.75. The van der Waals surface area contributed by atoms with Gasteiger partial charge in [-0.2, -0.15) is 13.2 Å². The Labute approximate surface area is 153 Å². The summed E-state index contributed by atoms with van der Waals surface area (Å²) in [6.45, 7) is 4.28. The number of nitrogens with one attached hydrogen (secondary N) is 2. The Morgan fingerprint density at radius 1 is 1.26 bits per heavy atom. The maximum absolute atomic E-state index is 12.8. The molecule has 1 fully saturated rings. The van der Waals surface area contributed by atoms with Crippen molar-refractivity contribution in [3.8, 4) is 11.4 Å². The smallest absolute Gasteiger partial charge is 0.364 e. The number of nitrogens with zero attached hydrogens (tertiary/aromatic N) is 5. The summed E-state index contributed by atoms with van der Waals surface area (Å²) in [6, 6.07) is 2.60. The molecule has 27 heavy (non-hydrogen) atoms. The Morgan fingerprint density at radius 3 is 2.74 bits per heavy atom. The molecule has 4 heterocycles. The second-order valence-corrected chi connectivity index (χ2v) is 6.34. The first-order valence-electron chi connectivity index (χ1n) is 8.69. The Bertz CT molecular complexity index is 944. The van der Waals surface area contributed by atoms with Gasteiger partial charge < -0.3 is 15.2 Å². The molecule has 1 aliphatic heterocycles. The maximum Gasteiger partial charge on any atom is 0.433 e. The van der Waals surface area contributed by atoms with E-state index >= 15 is 0 Å². The van der Waals surface area contributed by atoms with Gasteiger partial charge in [-0.05, 0) is 32.0 Å². The van der Waals surface area contributed by atoms with Gasteiger partial charge in [-0.3, -0.25) is 4.98 Å². The number of aryl methyl sites for hydroxylation is 1. The summed E-state index contributed by atoms with van der Waals surface area (Å²) >= 11 is 0. The van der Waals surface area contributed by atoms with E-state index in [1.807, 2.05) is 11.5 Å². The zero-order valence-corrected chi connectivity index (χ0v) is 14.6. The van der Waals surface area contributed by atoms with Crippen molar-refractivity contribution in [1.29, 1.82) is 0 Å². The van der Waals surface area contributed by atoms with Gasteiger partial charge in [0.25, 0.3) is 0 Å². The molecule has 0 unspecified atom stereocenters. The molecule has 10 heteroatoms. The number of rotatable bonds is 4. The van der Waals surface area contributed by atoms with Crippen LogP contribution in [0.25, 0.3) is 22.6 Å². The fraction of sp³-hybridized carbons (Fsp3) is 0.412. The van der Waals surface area contributed by atoms with Gasteiger partial charge >= 0.3 is 6.18 Å². The third-order valence-corrected chi connectivity index (χ3v) is 4.56. The Morgan fingerprint density at radius 2 is 2.11 bits per heavy atom. The van der Waals surface area contributed by atoms with Gasteiger partial charge in [0.05, 0.1) is 0 Å². The lowest BCUT2D eigenvalue weighted by Gasteiger charge is -2.11. The number of hydrogen-bond donors (Lipinski definition) is 2. The van der Waals surface area contributed by atoms with E-state index in [4.69, 9.17) is 0 Å². The van der Waals surface area contributed by atoms with Gasteiger partial charge in [-0.15, -0.1) is 0 Å². The Balaban J connectivity index is 1.76. The molecule has 0 radical (unpaired) electrons. The monoisotopic (exact) mass is 377 g/mol. The molecule has 142 valence electrons. The molecule has 0 spiro atoms. The van der Waals surface area contributed by atoms with E-state index in [9.17, 15) is 13.2 Å². The third-order valence-electron chi connectivity index (χ3n) is 4.56. The van der Waals surface area contributed by atoms with Gasteiger partial charge in [0.15, 0.2) is 17.0 Å². The topological polar surface area (TPSA) is 80.5 Å². The van der Waals surface area contributed by atoms with Crippen LogP contribution in [-0.4, -0.2) is 43.6 Å². The maximum atomic E-state index is 12.8. The highest BCUT2D eigenvalue weighted by Gasteiger charge is 2.32. The lowest BCUT2D eigenvalue weighted by molar-refractivity contribution is -0.141. The summed E-state index contributed by atoms with van der Waals surface area (Å²) in [5.41, 5.74) is 0.801. The van der Waals surface area contributed by atoms with Gasteiger partial charge in [0.1, 0.15) is 17.8 Å². The summed E-state index contributed by atoms with van der Waals surface area (Å²) in [4.78, 5) is 16.8. The fourth-order valence-electron chi connectivity index (χ4n) is 3.23. The third kappa shape index (κ3) is 3.32. The fourth-order valence-corrected chi connectivity index (χ4v) is 3.23. The molecule has 0 bridgehead atoms. The predicted octanol–water partition coefficient (Wildman–Crippen LogP) is 2.70. The number of halogens is 3. The summed E-state index contributed by atoms with van der Waals surface area (Å²) in [5.74, 6) is 1.14. The molecule has 1 atom stereocenters. The zero-order chi connectivity index (χ0) is 19.0. The molecule has 0 saturated carbocycles. The normalized spacial score (nSPS) is 17.6. The molecule has 3 aromatic heterocycles. The van der Waals surface area contributed by atoms with Crippen LogP contribution in [0.5, 0.6) is 0 Å². The van der Waals surface area contributed by atoms with Crippen LogP contribution in [0.4, 0.5) is 19.0 Å². The minimum Gasteiger partial charge on any atom is -0.364 e. The van der Waals surface area contributed by atoms with Crippen LogP contribution in [0.15, 0.2) is 24.7 Å². The van der Waals surface area contributed by atoms with Gasteiger partial charge in [-0.25, -0.2) is 15.0 Å². The van der Waals surface area contributed by atoms with Crippen molar-refractivity contribution >= 4 is 17.0 Å². The summed E-state index contributed by atoms with van der Waals surface area (Å²) in [6.07, 6.45) is -0.829. The number of imidazole rings is 1.